The van der Waals surface area contributed by atoms with Crippen molar-refractivity contribution in [2.45, 2.75) is 44.0 Å². The van der Waals surface area contributed by atoms with Gasteiger partial charge in [0.05, 0.1) is 0 Å². The number of hydrogen-bond donors (Lipinski definition) is 2. The second kappa shape index (κ2) is 11.0. The molecule has 2 aromatic carbocycles. The van der Waals surface area contributed by atoms with Gasteiger partial charge in [0.1, 0.15) is 5.75 Å². The summed E-state index contributed by atoms with van der Waals surface area (Å²) in [6, 6.07) is 14.9. The highest BCUT2D eigenvalue weighted by molar-refractivity contribution is 7.99. The number of benzene rings is 2. The largest absolute Gasteiger partial charge is 0.482 e. The number of nitrogens with zero attached hydrogens (tertiary/aromatic N) is 3. The van der Waals surface area contributed by atoms with Crippen LogP contribution in [0, 0.1) is 0 Å². The van der Waals surface area contributed by atoms with Crippen LogP contribution in [0.15, 0.2) is 53.7 Å². The van der Waals surface area contributed by atoms with E-state index in [1.54, 1.807) is 23.9 Å². The van der Waals surface area contributed by atoms with Crippen molar-refractivity contribution < 1.29 is 19.4 Å². The Morgan fingerprint density at radius 1 is 1.12 bits per heavy atom. The van der Waals surface area contributed by atoms with Crippen LogP contribution in [0.1, 0.15) is 44.4 Å². The van der Waals surface area contributed by atoms with Crippen molar-refractivity contribution in [3.63, 3.8) is 0 Å². The first-order chi connectivity index (χ1) is 16.1. The van der Waals surface area contributed by atoms with E-state index in [1.165, 1.54) is 19.3 Å². The zero-order chi connectivity index (χ0) is 23.0. The maximum Gasteiger partial charge on any atom is 0.341 e. The minimum absolute atomic E-state index is 0.389. The molecule has 2 heterocycles. The molecule has 33 heavy (non-hydrogen) atoms. The average molecular weight is 467 g/mol. The van der Waals surface area contributed by atoms with E-state index in [9.17, 15) is 4.79 Å². The molecule has 3 aromatic rings. The van der Waals surface area contributed by atoms with E-state index in [-0.39, 0.29) is 6.61 Å². The highest BCUT2D eigenvalue weighted by Crippen LogP contribution is 2.39. The number of fused-ring (bicyclic) bond motifs is 3. The molecule has 1 atom stereocenters. The van der Waals surface area contributed by atoms with Crippen molar-refractivity contribution >= 4 is 23.4 Å². The topological polar surface area (TPSA) is 106 Å². The van der Waals surface area contributed by atoms with E-state index in [1.807, 2.05) is 36.4 Å². The van der Waals surface area contributed by atoms with Gasteiger partial charge in [-0.3, -0.25) is 0 Å². The number of aromatic nitrogens is 3. The lowest BCUT2D eigenvalue weighted by Gasteiger charge is -2.19. The predicted molar refractivity (Wildman–Crippen MR) is 127 cm³/mol. The second-order valence-corrected chi connectivity index (χ2v) is 8.66. The standard InChI is InChI=1S/C24H26N4O4S/c1-2-3-4-7-14-33-24-26-23-21(27-28-24)18-8-5-6-9-19(18)25-22(32-23)16-10-12-17(13-11-16)31-15-20(29)30/h5-6,8-13,22,25H,2-4,7,14-15H2,1H3,(H,29,30)/t22-/m0/s1. The number of carboxylic acid groups (broad SMARTS) is 1. The fourth-order valence-electron chi connectivity index (χ4n) is 3.44. The lowest BCUT2D eigenvalue weighted by Crippen LogP contribution is -2.17. The van der Waals surface area contributed by atoms with Gasteiger partial charge < -0.3 is 19.9 Å². The van der Waals surface area contributed by atoms with E-state index < -0.39 is 12.2 Å². The fourth-order valence-corrected chi connectivity index (χ4v) is 4.21. The second-order valence-electron chi connectivity index (χ2n) is 7.60. The molecule has 1 aromatic heterocycles. The quantitative estimate of drug-likeness (QED) is 0.309. The van der Waals surface area contributed by atoms with Crippen molar-refractivity contribution in [2.24, 2.45) is 0 Å². The van der Waals surface area contributed by atoms with Crippen molar-refractivity contribution in [3.05, 3.63) is 54.1 Å². The number of para-hydroxylation sites is 1. The number of aliphatic carboxylic acids is 1. The van der Waals surface area contributed by atoms with Crippen LogP contribution in [-0.4, -0.2) is 38.6 Å². The van der Waals surface area contributed by atoms with Crippen LogP contribution in [-0.2, 0) is 4.79 Å². The van der Waals surface area contributed by atoms with Crippen molar-refractivity contribution in [1.82, 2.24) is 15.2 Å². The molecule has 0 saturated carbocycles. The molecule has 8 nitrogen and oxygen atoms in total. The van der Waals surface area contributed by atoms with Crippen LogP contribution >= 0.6 is 11.8 Å². The van der Waals surface area contributed by atoms with Gasteiger partial charge in [-0.15, -0.1) is 10.2 Å². The van der Waals surface area contributed by atoms with Crippen LogP contribution in [0.4, 0.5) is 5.69 Å². The summed E-state index contributed by atoms with van der Waals surface area (Å²) in [6.07, 6.45) is 4.24. The zero-order valence-corrected chi connectivity index (χ0v) is 19.2. The highest BCUT2D eigenvalue weighted by Gasteiger charge is 2.26. The number of ether oxygens (including phenoxy) is 2. The summed E-state index contributed by atoms with van der Waals surface area (Å²) < 4.78 is 11.5. The van der Waals surface area contributed by atoms with Gasteiger partial charge in [0.2, 0.25) is 11.0 Å². The lowest BCUT2D eigenvalue weighted by atomic mass is 10.1. The van der Waals surface area contributed by atoms with E-state index in [0.29, 0.717) is 22.5 Å². The van der Waals surface area contributed by atoms with Crippen LogP contribution < -0.4 is 14.8 Å². The molecular formula is C24H26N4O4S. The van der Waals surface area contributed by atoms with Gasteiger partial charge >= 0.3 is 5.97 Å². The summed E-state index contributed by atoms with van der Waals surface area (Å²) in [5.41, 5.74) is 3.17. The number of nitrogens with one attached hydrogen (secondary N) is 1. The first-order valence-electron chi connectivity index (χ1n) is 11.0. The molecule has 0 bridgehead atoms. The minimum Gasteiger partial charge on any atom is -0.482 e. The molecule has 0 fully saturated rings. The summed E-state index contributed by atoms with van der Waals surface area (Å²) in [5.74, 6) is 0.819. The molecule has 4 rings (SSSR count). The summed E-state index contributed by atoms with van der Waals surface area (Å²) in [6.45, 7) is 1.81. The Morgan fingerprint density at radius 2 is 1.94 bits per heavy atom. The summed E-state index contributed by atoms with van der Waals surface area (Å²) in [5, 5.41) is 21.6. The molecule has 0 spiro atoms. The number of hydrogen-bond acceptors (Lipinski definition) is 8. The van der Waals surface area contributed by atoms with E-state index >= 15 is 0 Å². The minimum atomic E-state index is -1.02. The molecule has 1 aliphatic heterocycles. The van der Waals surface area contributed by atoms with Crippen LogP contribution in [0.5, 0.6) is 11.6 Å². The van der Waals surface area contributed by atoms with Crippen LogP contribution in [0.2, 0.25) is 0 Å². The molecule has 172 valence electrons. The average Bonchev–Trinajstić information content (AvgIpc) is 2.99. The van der Waals surface area contributed by atoms with E-state index in [4.69, 9.17) is 14.6 Å². The first-order valence-corrected chi connectivity index (χ1v) is 12.0. The van der Waals surface area contributed by atoms with Gasteiger partial charge in [0.25, 0.3) is 0 Å². The number of anilines is 1. The maximum atomic E-state index is 10.7. The SMILES string of the molecule is CCCCCCSc1nnc2c(n1)O[C@@H](c1ccc(OCC(=O)O)cc1)Nc1ccccc1-2. The summed E-state index contributed by atoms with van der Waals surface area (Å²) >= 11 is 1.59. The number of unbranched alkanes of at least 4 members (excludes halogenated alkanes) is 3. The third-order valence-electron chi connectivity index (χ3n) is 5.11. The zero-order valence-electron chi connectivity index (χ0n) is 18.4. The number of carbonyl (C=O) groups is 1. The molecular weight excluding hydrogens is 440 g/mol. The van der Waals surface area contributed by atoms with E-state index in [2.05, 4.69) is 27.4 Å². The van der Waals surface area contributed by atoms with Gasteiger partial charge in [-0.25, -0.2) is 4.79 Å². The lowest BCUT2D eigenvalue weighted by molar-refractivity contribution is -0.139. The van der Waals surface area contributed by atoms with Crippen molar-refractivity contribution in [1.29, 1.82) is 0 Å². The summed E-state index contributed by atoms with van der Waals surface area (Å²) in [4.78, 5) is 15.4. The smallest absolute Gasteiger partial charge is 0.341 e. The Hall–Kier alpha value is -3.33. The Kier molecular flexibility index (Phi) is 7.62. The molecule has 1 aliphatic rings. The molecule has 0 unspecified atom stereocenters. The van der Waals surface area contributed by atoms with Gasteiger partial charge in [-0.1, -0.05) is 56.1 Å². The van der Waals surface area contributed by atoms with Crippen LogP contribution in [0.25, 0.3) is 11.3 Å². The van der Waals surface area contributed by atoms with Gasteiger partial charge in [-0.2, -0.15) is 4.98 Å². The number of thioether (sulfide) groups is 1. The Labute approximate surface area is 196 Å². The Morgan fingerprint density at radius 3 is 2.73 bits per heavy atom. The first kappa shape index (κ1) is 22.8. The van der Waals surface area contributed by atoms with Crippen LogP contribution in [0.3, 0.4) is 0 Å². The van der Waals surface area contributed by atoms with Crippen molar-refractivity contribution in [3.8, 4) is 22.9 Å². The predicted octanol–water partition coefficient (Wildman–Crippen LogP) is 5.18. The molecule has 0 radical (unpaired) electrons. The highest BCUT2D eigenvalue weighted by atomic mass is 32.2. The third kappa shape index (κ3) is 5.92. The molecule has 0 aliphatic carbocycles. The molecule has 0 saturated heterocycles. The number of rotatable bonds is 10. The Balaban J connectivity index is 1.56. The molecule has 9 heteroatoms. The monoisotopic (exact) mass is 466 g/mol. The Bertz CT molecular complexity index is 1090. The number of carboxylic acids is 1. The molecule has 2 N–H and O–H groups in total. The third-order valence-corrected chi connectivity index (χ3v) is 6.03. The van der Waals surface area contributed by atoms with Gasteiger partial charge in [0, 0.05) is 22.6 Å². The normalized spacial score (nSPS) is 14.3. The maximum absolute atomic E-state index is 10.7. The van der Waals surface area contributed by atoms with Gasteiger partial charge in [-0.05, 0) is 36.8 Å². The van der Waals surface area contributed by atoms with Crippen molar-refractivity contribution in [2.75, 3.05) is 17.7 Å². The summed E-state index contributed by atoms with van der Waals surface area (Å²) in [7, 11) is 0. The van der Waals surface area contributed by atoms with Gasteiger partial charge in [0.15, 0.2) is 18.5 Å². The fraction of sp³-hybridized carbons (Fsp3) is 0.333. The van der Waals surface area contributed by atoms with E-state index in [0.717, 1.165) is 29.0 Å². The molecule has 0 amide bonds.